The molecular formula is C22H25NO6. The Morgan fingerprint density at radius 2 is 1.83 bits per heavy atom. The summed E-state index contributed by atoms with van der Waals surface area (Å²) < 4.78 is 11.0. The zero-order valence-corrected chi connectivity index (χ0v) is 16.1. The fourth-order valence-corrected chi connectivity index (χ4v) is 3.02. The van der Waals surface area contributed by atoms with E-state index in [2.05, 4.69) is 4.90 Å². The molecule has 7 heteroatoms. The second kappa shape index (κ2) is 9.95. The first-order chi connectivity index (χ1) is 14.0. The first kappa shape index (κ1) is 20.7. The number of phenolic OH excluding ortho intramolecular Hbond substituents is 3. The lowest BCUT2D eigenvalue weighted by Gasteiger charge is -2.26. The number of ketones is 1. The third-order valence-corrected chi connectivity index (χ3v) is 4.65. The number of carbonyl (C=O) groups is 1. The molecule has 1 fully saturated rings. The molecule has 1 heterocycles. The molecule has 1 aliphatic heterocycles. The van der Waals surface area contributed by atoms with Crippen LogP contribution >= 0.6 is 0 Å². The van der Waals surface area contributed by atoms with Crippen LogP contribution in [-0.4, -0.2) is 65.5 Å². The molecule has 0 aliphatic carbocycles. The molecule has 0 aromatic heterocycles. The zero-order valence-electron chi connectivity index (χ0n) is 16.1. The van der Waals surface area contributed by atoms with Gasteiger partial charge in [-0.3, -0.25) is 9.69 Å². The highest BCUT2D eigenvalue weighted by atomic mass is 16.5. The minimum Gasteiger partial charge on any atom is -0.507 e. The van der Waals surface area contributed by atoms with Gasteiger partial charge in [-0.2, -0.15) is 0 Å². The number of rotatable bonds is 8. The Labute approximate surface area is 169 Å². The second-order valence-electron chi connectivity index (χ2n) is 6.78. The van der Waals surface area contributed by atoms with Crippen molar-refractivity contribution < 1.29 is 29.6 Å². The van der Waals surface area contributed by atoms with Crippen molar-refractivity contribution in [3.05, 3.63) is 53.6 Å². The van der Waals surface area contributed by atoms with E-state index in [-0.39, 0.29) is 28.6 Å². The van der Waals surface area contributed by atoms with Crippen LogP contribution in [0, 0.1) is 0 Å². The molecule has 0 unspecified atom stereocenters. The van der Waals surface area contributed by atoms with Crippen molar-refractivity contribution in [1.82, 2.24) is 4.90 Å². The van der Waals surface area contributed by atoms with Crippen molar-refractivity contribution in [3.8, 4) is 23.0 Å². The van der Waals surface area contributed by atoms with Gasteiger partial charge in [-0.05, 0) is 42.3 Å². The Morgan fingerprint density at radius 3 is 2.55 bits per heavy atom. The summed E-state index contributed by atoms with van der Waals surface area (Å²) in [6.45, 7) is 4.88. The molecule has 0 spiro atoms. The predicted octanol–water partition coefficient (Wildman–Crippen LogP) is 2.80. The Hall–Kier alpha value is -3.03. The van der Waals surface area contributed by atoms with E-state index in [0.717, 1.165) is 39.3 Å². The number of hydrogen-bond donors (Lipinski definition) is 3. The highest BCUT2D eigenvalue weighted by Crippen LogP contribution is 2.27. The van der Waals surface area contributed by atoms with Crippen LogP contribution in [0.2, 0.25) is 0 Å². The lowest BCUT2D eigenvalue weighted by Crippen LogP contribution is -2.37. The summed E-state index contributed by atoms with van der Waals surface area (Å²) in [7, 11) is 0. The Morgan fingerprint density at radius 1 is 1.03 bits per heavy atom. The maximum absolute atomic E-state index is 12.3. The maximum Gasteiger partial charge on any atom is 0.189 e. The van der Waals surface area contributed by atoms with Crippen molar-refractivity contribution in [2.45, 2.75) is 6.42 Å². The van der Waals surface area contributed by atoms with Crippen molar-refractivity contribution >= 4 is 11.9 Å². The average Bonchev–Trinajstić information content (AvgIpc) is 2.73. The van der Waals surface area contributed by atoms with Crippen LogP contribution in [0.15, 0.2) is 42.5 Å². The van der Waals surface area contributed by atoms with Crippen molar-refractivity contribution in [2.24, 2.45) is 0 Å². The summed E-state index contributed by atoms with van der Waals surface area (Å²) in [5, 5.41) is 29.0. The summed E-state index contributed by atoms with van der Waals surface area (Å²) >= 11 is 0. The Balaban J connectivity index is 1.52. The van der Waals surface area contributed by atoms with Crippen LogP contribution in [0.3, 0.4) is 0 Å². The van der Waals surface area contributed by atoms with Gasteiger partial charge in [0.1, 0.15) is 11.5 Å². The molecule has 7 nitrogen and oxygen atoms in total. The molecule has 1 aliphatic rings. The van der Waals surface area contributed by atoms with E-state index in [1.165, 1.54) is 36.4 Å². The van der Waals surface area contributed by atoms with Gasteiger partial charge >= 0.3 is 0 Å². The smallest absolute Gasteiger partial charge is 0.189 e. The lowest BCUT2D eigenvalue weighted by atomic mass is 10.1. The van der Waals surface area contributed by atoms with Crippen molar-refractivity contribution in [1.29, 1.82) is 0 Å². The standard InChI is InChI=1S/C22H25NO6/c24-19(6-2-16-3-7-20(25)22(27)14-16)18-5-4-17(15-21(18)26)29-11-1-8-23-9-12-28-13-10-23/h2-7,14-15,25-27H,1,8-13H2/b6-2+. The highest BCUT2D eigenvalue weighted by molar-refractivity contribution is 6.08. The molecular weight excluding hydrogens is 374 g/mol. The van der Waals surface area contributed by atoms with Crippen molar-refractivity contribution in [2.75, 3.05) is 39.5 Å². The first-order valence-corrected chi connectivity index (χ1v) is 9.53. The fourth-order valence-electron chi connectivity index (χ4n) is 3.02. The van der Waals surface area contributed by atoms with Crippen LogP contribution in [0.4, 0.5) is 0 Å². The molecule has 154 valence electrons. The summed E-state index contributed by atoms with van der Waals surface area (Å²) in [5.74, 6) is -0.523. The number of benzene rings is 2. The predicted molar refractivity (Wildman–Crippen MR) is 109 cm³/mol. The molecule has 1 saturated heterocycles. The van der Waals surface area contributed by atoms with Gasteiger partial charge in [0.15, 0.2) is 17.3 Å². The van der Waals surface area contributed by atoms with Gasteiger partial charge in [0.25, 0.3) is 0 Å². The molecule has 0 amide bonds. The summed E-state index contributed by atoms with van der Waals surface area (Å²) in [4.78, 5) is 14.6. The maximum atomic E-state index is 12.3. The van der Waals surface area contributed by atoms with Crippen LogP contribution in [0.25, 0.3) is 6.08 Å². The topological polar surface area (TPSA) is 99.5 Å². The van der Waals surface area contributed by atoms with Crippen LogP contribution < -0.4 is 4.74 Å². The molecule has 0 atom stereocenters. The minimum absolute atomic E-state index is 0.154. The molecule has 29 heavy (non-hydrogen) atoms. The molecule has 0 bridgehead atoms. The van der Waals surface area contributed by atoms with Gasteiger partial charge in [0.2, 0.25) is 0 Å². The molecule has 2 aromatic rings. The van der Waals surface area contributed by atoms with Gasteiger partial charge in [-0.25, -0.2) is 0 Å². The van der Waals surface area contributed by atoms with E-state index in [0.29, 0.717) is 17.9 Å². The Bertz CT molecular complexity index is 874. The molecule has 0 radical (unpaired) electrons. The molecule has 2 aromatic carbocycles. The highest BCUT2D eigenvalue weighted by Gasteiger charge is 2.11. The van der Waals surface area contributed by atoms with E-state index in [4.69, 9.17) is 9.47 Å². The van der Waals surface area contributed by atoms with Crippen LogP contribution in [0.1, 0.15) is 22.3 Å². The van der Waals surface area contributed by atoms with Crippen molar-refractivity contribution in [3.63, 3.8) is 0 Å². The average molecular weight is 399 g/mol. The summed E-state index contributed by atoms with van der Waals surface area (Å²) in [6, 6.07) is 8.85. The van der Waals surface area contributed by atoms with Gasteiger partial charge in [0, 0.05) is 25.7 Å². The van der Waals surface area contributed by atoms with Crippen LogP contribution in [0.5, 0.6) is 23.0 Å². The monoisotopic (exact) mass is 399 g/mol. The quantitative estimate of drug-likeness (QED) is 0.272. The van der Waals surface area contributed by atoms with E-state index < -0.39 is 0 Å². The Kier molecular flexibility index (Phi) is 7.10. The summed E-state index contributed by atoms with van der Waals surface area (Å²) in [6.07, 6.45) is 3.66. The number of ether oxygens (including phenoxy) is 2. The number of carbonyl (C=O) groups excluding carboxylic acids is 1. The largest absolute Gasteiger partial charge is 0.507 e. The van der Waals surface area contributed by atoms with Gasteiger partial charge < -0.3 is 24.8 Å². The van der Waals surface area contributed by atoms with Gasteiger partial charge in [-0.15, -0.1) is 0 Å². The number of aromatic hydroxyl groups is 3. The SMILES string of the molecule is O=C(/C=C/c1ccc(O)c(O)c1)c1ccc(OCCCN2CCOCC2)cc1O. The van der Waals surface area contributed by atoms with E-state index in [1.807, 2.05) is 0 Å². The first-order valence-electron chi connectivity index (χ1n) is 9.53. The number of morpholine rings is 1. The minimum atomic E-state index is -0.381. The third-order valence-electron chi connectivity index (χ3n) is 4.65. The van der Waals surface area contributed by atoms with E-state index in [1.54, 1.807) is 12.1 Å². The molecule has 3 N–H and O–H groups in total. The number of nitrogens with zero attached hydrogens (tertiary/aromatic N) is 1. The molecule has 0 saturated carbocycles. The summed E-state index contributed by atoms with van der Waals surface area (Å²) in [5.41, 5.74) is 0.707. The lowest BCUT2D eigenvalue weighted by molar-refractivity contribution is 0.0358. The normalized spacial score (nSPS) is 14.9. The number of phenols is 3. The second-order valence-corrected chi connectivity index (χ2v) is 6.78. The zero-order chi connectivity index (χ0) is 20.6. The fraction of sp³-hybridized carbons (Fsp3) is 0.318. The van der Waals surface area contributed by atoms with Gasteiger partial charge in [0.05, 0.1) is 25.4 Å². The molecule has 3 rings (SSSR count). The van der Waals surface area contributed by atoms with Crippen LogP contribution in [-0.2, 0) is 4.74 Å². The third kappa shape index (κ3) is 5.97. The van der Waals surface area contributed by atoms with E-state index in [9.17, 15) is 20.1 Å². The van der Waals surface area contributed by atoms with Gasteiger partial charge in [-0.1, -0.05) is 12.1 Å². The number of hydrogen-bond acceptors (Lipinski definition) is 7. The number of allylic oxidation sites excluding steroid dienone is 1. The van der Waals surface area contributed by atoms with E-state index >= 15 is 0 Å².